The molecule has 136 valence electrons. The third-order valence-electron chi connectivity index (χ3n) is 3.50. The van der Waals surface area contributed by atoms with Gasteiger partial charge >= 0.3 is 6.18 Å². The minimum atomic E-state index is -4.55. The average Bonchev–Trinajstić information content (AvgIpc) is 2.53. The molecule has 0 aliphatic carbocycles. The second-order valence-electron chi connectivity index (χ2n) is 5.33. The fraction of sp³-hybridized carbons (Fsp3) is 0.200. The molecule has 0 heterocycles. The molecule has 2 rings (SSSR count). The van der Waals surface area contributed by atoms with Crippen LogP contribution in [0.3, 0.4) is 0 Å². The van der Waals surface area contributed by atoms with E-state index in [0.717, 1.165) is 18.2 Å². The Labute approximate surface area is 142 Å². The highest BCUT2D eigenvalue weighted by atomic mass is 32.2. The fourth-order valence-corrected chi connectivity index (χ4v) is 3.32. The molecule has 2 atom stereocenters. The van der Waals surface area contributed by atoms with Crippen molar-refractivity contribution in [2.75, 3.05) is 5.73 Å². The van der Waals surface area contributed by atoms with E-state index in [1.54, 1.807) is 6.07 Å². The van der Waals surface area contributed by atoms with Gasteiger partial charge in [0.2, 0.25) is 10.0 Å². The summed E-state index contributed by atoms with van der Waals surface area (Å²) in [7, 11) is -3.93. The van der Waals surface area contributed by atoms with Crippen LogP contribution >= 0.6 is 0 Å². The van der Waals surface area contributed by atoms with E-state index in [0.29, 0.717) is 0 Å². The molecule has 2 aromatic rings. The number of alkyl halides is 3. The smallest absolute Gasteiger partial charge is 0.398 e. The molecule has 2 unspecified atom stereocenters. The quantitative estimate of drug-likeness (QED) is 0.467. The zero-order chi connectivity index (χ0) is 18.8. The summed E-state index contributed by atoms with van der Waals surface area (Å²) in [6.45, 7) is 0. The number of halogens is 3. The predicted octanol–water partition coefficient (Wildman–Crippen LogP) is 1.55. The Kier molecular flexibility index (Phi) is 5.37. The topological polar surface area (TPSA) is 124 Å². The third-order valence-corrected chi connectivity index (χ3v) is 4.98. The Bertz CT molecular complexity index is 842. The van der Waals surface area contributed by atoms with Gasteiger partial charge in [-0.2, -0.15) is 17.9 Å². The number of hydrogen-bond acceptors (Lipinski definition) is 5. The van der Waals surface area contributed by atoms with Crippen molar-refractivity contribution in [2.45, 2.75) is 23.3 Å². The van der Waals surface area contributed by atoms with Crippen molar-refractivity contribution >= 4 is 15.7 Å². The number of anilines is 1. The van der Waals surface area contributed by atoms with Gasteiger partial charge in [0.05, 0.1) is 22.7 Å². The molecule has 7 N–H and O–H groups in total. The van der Waals surface area contributed by atoms with Gasteiger partial charge in [-0.05, 0) is 29.8 Å². The molecule has 0 aliphatic rings. The van der Waals surface area contributed by atoms with Gasteiger partial charge in [0, 0.05) is 5.69 Å². The van der Waals surface area contributed by atoms with Crippen molar-refractivity contribution < 1.29 is 21.6 Å². The second-order valence-corrected chi connectivity index (χ2v) is 7.04. The highest BCUT2D eigenvalue weighted by molar-refractivity contribution is 7.89. The van der Waals surface area contributed by atoms with E-state index in [1.807, 2.05) is 0 Å². The lowest BCUT2D eigenvalue weighted by Gasteiger charge is -2.23. The number of hydrogen-bond donors (Lipinski definition) is 4. The lowest BCUT2D eigenvalue weighted by atomic mass is 10.0. The maximum Gasteiger partial charge on any atom is 0.416 e. The first kappa shape index (κ1) is 19.2. The van der Waals surface area contributed by atoms with Crippen LogP contribution in [-0.2, 0) is 16.2 Å². The summed E-state index contributed by atoms with van der Waals surface area (Å²) >= 11 is 0. The first-order valence-electron chi connectivity index (χ1n) is 7.07. The molecular weight excluding hydrogens is 357 g/mol. The van der Waals surface area contributed by atoms with Crippen molar-refractivity contribution in [3.8, 4) is 0 Å². The lowest BCUT2D eigenvalue weighted by molar-refractivity contribution is -0.137. The summed E-state index contributed by atoms with van der Waals surface area (Å²) < 4.78 is 64.6. The summed E-state index contributed by atoms with van der Waals surface area (Å²) in [5.74, 6) is 0. The molecule has 0 saturated carbocycles. The van der Waals surface area contributed by atoms with Crippen LogP contribution in [0.1, 0.15) is 17.2 Å². The van der Waals surface area contributed by atoms with E-state index >= 15 is 0 Å². The number of benzene rings is 2. The summed E-state index contributed by atoms with van der Waals surface area (Å²) in [4.78, 5) is -0.0157. The van der Waals surface area contributed by atoms with Gasteiger partial charge in [-0.25, -0.2) is 8.42 Å². The molecule has 0 spiro atoms. The van der Waals surface area contributed by atoms with E-state index in [9.17, 15) is 21.6 Å². The Hall–Kier alpha value is -2.14. The van der Waals surface area contributed by atoms with Crippen molar-refractivity contribution in [1.29, 1.82) is 0 Å². The minimum Gasteiger partial charge on any atom is -0.398 e. The van der Waals surface area contributed by atoms with Gasteiger partial charge < -0.3 is 17.2 Å². The summed E-state index contributed by atoms with van der Waals surface area (Å²) in [6.07, 6.45) is -5.84. The molecule has 0 aliphatic heterocycles. The molecule has 0 bridgehead atoms. The van der Waals surface area contributed by atoms with Gasteiger partial charge in [0.15, 0.2) is 0 Å². The first-order chi connectivity index (χ1) is 11.5. The van der Waals surface area contributed by atoms with Crippen LogP contribution < -0.4 is 21.9 Å². The van der Waals surface area contributed by atoms with E-state index in [4.69, 9.17) is 17.2 Å². The third kappa shape index (κ3) is 4.48. The Morgan fingerprint density at radius 1 is 1.00 bits per heavy atom. The summed E-state index contributed by atoms with van der Waals surface area (Å²) in [5.41, 5.74) is 16.2. The molecule has 10 heteroatoms. The van der Waals surface area contributed by atoms with Gasteiger partial charge in [0.25, 0.3) is 0 Å². The van der Waals surface area contributed by atoms with Crippen molar-refractivity contribution in [1.82, 2.24) is 4.72 Å². The fourth-order valence-electron chi connectivity index (χ4n) is 2.17. The van der Waals surface area contributed by atoms with Gasteiger partial charge in [-0.3, -0.25) is 0 Å². The highest BCUT2D eigenvalue weighted by Crippen LogP contribution is 2.32. The highest BCUT2D eigenvalue weighted by Gasteiger charge is 2.32. The van der Waals surface area contributed by atoms with Crippen LogP contribution in [0.5, 0.6) is 0 Å². The normalized spacial score (nSPS) is 14.9. The molecule has 0 amide bonds. The lowest BCUT2D eigenvalue weighted by Crippen LogP contribution is -2.48. The molecular formula is C15H17F3N4O2S. The zero-order valence-corrected chi connectivity index (χ0v) is 13.7. The van der Waals surface area contributed by atoms with Crippen molar-refractivity contribution in [3.05, 3.63) is 59.7 Å². The Morgan fingerprint density at radius 2 is 1.60 bits per heavy atom. The van der Waals surface area contributed by atoms with Crippen LogP contribution in [0.2, 0.25) is 0 Å². The molecule has 0 fully saturated rings. The molecule has 0 aromatic heterocycles. The van der Waals surface area contributed by atoms with Crippen LogP contribution in [0, 0.1) is 0 Å². The SMILES string of the molecule is Nc1cc(C(F)(F)F)ccc1C(N)C(N)NS(=O)(=O)c1ccccc1. The van der Waals surface area contributed by atoms with E-state index in [1.165, 1.54) is 24.3 Å². The number of nitrogen functional groups attached to an aromatic ring is 1. The number of sulfonamides is 1. The number of nitrogens with one attached hydrogen (secondary N) is 1. The van der Waals surface area contributed by atoms with Crippen molar-refractivity contribution in [2.24, 2.45) is 11.5 Å². The molecule has 0 saturated heterocycles. The maximum atomic E-state index is 12.7. The van der Waals surface area contributed by atoms with Crippen molar-refractivity contribution in [3.63, 3.8) is 0 Å². The van der Waals surface area contributed by atoms with Crippen LogP contribution in [-0.4, -0.2) is 14.6 Å². The number of nitrogens with two attached hydrogens (primary N) is 3. The minimum absolute atomic E-state index is 0.0157. The first-order valence-corrected chi connectivity index (χ1v) is 8.56. The molecule has 6 nitrogen and oxygen atoms in total. The molecule has 0 radical (unpaired) electrons. The second kappa shape index (κ2) is 7.00. The maximum absolute atomic E-state index is 12.7. The van der Waals surface area contributed by atoms with Gasteiger partial charge in [-0.1, -0.05) is 24.3 Å². The predicted molar refractivity (Wildman–Crippen MR) is 87.5 cm³/mol. The zero-order valence-electron chi connectivity index (χ0n) is 12.9. The summed E-state index contributed by atoms with van der Waals surface area (Å²) in [5, 5.41) is 0. The van der Waals surface area contributed by atoms with Gasteiger partial charge in [-0.15, -0.1) is 0 Å². The van der Waals surface area contributed by atoms with E-state index in [-0.39, 0.29) is 16.1 Å². The largest absolute Gasteiger partial charge is 0.416 e. The van der Waals surface area contributed by atoms with E-state index in [2.05, 4.69) is 4.72 Å². The number of rotatable bonds is 5. The molecule has 25 heavy (non-hydrogen) atoms. The van der Waals surface area contributed by atoms with Crippen LogP contribution in [0.25, 0.3) is 0 Å². The Morgan fingerprint density at radius 3 is 2.12 bits per heavy atom. The summed E-state index contributed by atoms with van der Waals surface area (Å²) in [6, 6.07) is 8.94. The van der Waals surface area contributed by atoms with Crippen LogP contribution in [0.4, 0.5) is 18.9 Å². The van der Waals surface area contributed by atoms with E-state index < -0.39 is 34.0 Å². The Balaban J connectivity index is 2.22. The average molecular weight is 374 g/mol. The molecule has 2 aromatic carbocycles. The standard InChI is InChI=1S/C15H17F3N4O2S/c16-15(17,18)9-6-7-11(12(19)8-9)13(20)14(21)22-25(23,24)10-4-2-1-3-5-10/h1-8,13-14,22H,19-21H2. The van der Waals surface area contributed by atoms with Gasteiger partial charge in [0.1, 0.15) is 0 Å². The monoisotopic (exact) mass is 374 g/mol. The van der Waals surface area contributed by atoms with Crippen LogP contribution in [0.15, 0.2) is 53.4 Å².